The van der Waals surface area contributed by atoms with Crippen LogP contribution in [0.15, 0.2) is 66.9 Å². The van der Waals surface area contributed by atoms with E-state index in [2.05, 4.69) is 31.6 Å². The molecule has 7 amide bonds. The first-order chi connectivity index (χ1) is 26.5. The summed E-state index contributed by atoms with van der Waals surface area (Å²) in [4.78, 5) is 89.6. The predicted molar refractivity (Wildman–Crippen MR) is 203 cm³/mol. The number of aromatic nitrogens is 2. The van der Waals surface area contributed by atoms with Gasteiger partial charge >= 0.3 is 6.03 Å². The van der Waals surface area contributed by atoms with Crippen molar-refractivity contribution in [2.24, 2.45) is 0 Å². The lowest BCUT2D eigenvalue weighted by Crippen LogP contribution is -2.54. The van der Waals surface area contributed by atoms with E-state index >= 15 is 0 Å². The molecule has 0 aliphatic carbocycles. The normalized spacial score (nSPS) is 16.2. The van der Waals surface area contributed by atoms with Gasteiger partial charge in [-0.15, -0.1) is 0 Å². The fraction of sp³-hybridized carbons (Fsp3) is 0.263. The Morgan fingerprint density at radius 3 is 2.45 bits per heavy atom. The number of unbranched alkanes of at least 4 members (excludes halogenated alkanes) is 1. The van der Waals surface area contributed by atoms with Crippen LogP contribution in [-0.4, -0.2) is 90.8 Å². The molecule has 0 saturated carbocycles. The Bertz CT molecular complexity index is 2240. The highest BCUT2D eigenvalue weighted by Gasteiger charge is 2.45. The number of nitrogens with one attached hydrogen (secondary N) is 5. The number of urea groups is 1. The summed E-state index contributed by atoms with van der Waals surface area (Å²) in [5.74, 6) is -1.15. The highest BCUT2D eigenvalue weighted by molar-refractivity contribution is 6.25. The second-order valence-electron chi connectivity index (χ2n) is 13.1. The van der Waals surface area contributed by atoms with Crippen LogP contribution >= 0.6 is 0 Å². The number of amides is 7. The second-order valence-corrected chi connectivity index (χ2v) is 13.1. The number of imide groups is 2. The van der Waals surface area contributed by atoms with Crippen LogP contribution in [0.25, 0.3) is 0 Å². The third-order valence-corrected chi connectivity index (χ3v) is 9.61. The molecule has 0 spiro atoms. The van der Waals surface area contributed by atoms with E-state index in [0.29, 0.717) is 65.8 Å². The van der Waals surface area contributed by atoms with Crippen molar-refractivity contribution in [3.63, 3.8) is 0 Å². The van der Waals surface area contributed by atoms with Gasteiger partial charge in [-0.3, -0.25) is 34.2 Å². The lowest BCUT2D eigenvalue weighted by atomic mass is 10.0. The van der Waals surface area contributed by atoms with Crippen LogP contribution in [0.3, 0.4) is 0 Å². The van der Waals surface area contributed by atoms with Gasteiger partial charge in [0, 0.05) is 51.0 Å². The fourth-order valence-electron chi connectivity index (χ4n) is 6.77. The Labute approximate surface area is 315 Å². The SMILES string of the molecule is COc1cc(NC(=O)NCCCCNc2cccc3c2C(=O)N(C2CCC(=O)NC2=O)C3=O)ccc1Nc1ncc2c(n1)N(C)c1ccccc1C(=O)N2C. The van der Waals surface area contributed by atoms with Crippen LogP contribution in [0.2, 0.25) is 0 Å². The van der Waals surface area contributed by atoms with E-state index in [4.69, 9.17) is 9.72 Å². The first kappa shape index (κ1) is 36.3. The van der Waals surface area contributed by atoms with Crippen molar-refractivity contribution in [1.29, 1.82) is 0 Å². The topological polar surface area (TPSA) is 207 Å². The summed E-state index contributed by atoms with van der Waals surface area (Å²) in [6.45, 7) is 0.824. The van der Waals surface area contributed by atoms with Gasteiger partial charge in [0.05, 0.1) is 41.4 Å². The van der Waals surface area contributed by atoms with Crippen molar-refractivity contribution in [3.8, 4) is 5.75 Å². The minimum atomic E-state index is -1.04. The lowest BCUT2D eigenvalue weighted by Gasteiger charge is -2.27. The molecule has 0 bridgehead atoms. The summed E-state index contributed by atoms with van der Waals surface area (Å²) in [6.07, 6.45) is 2.96. The summed E-state index contributed by atoms with van der Waals surface area (Å²) in [5, 5.41) is 14.2. The Kier molecular flexibility index (Phi) is 9.99. The second kappa shape index (κ2) is 15.1. The van der Waals surface area contributed by atoms with Crippen LogP contribution in [0.5, 0.6) is 5.75 Å². The molecule has 55 heavy (non-hydrogen) atoms. The predicted octanol–water partition coefficient (Wildman–Crippen LogP) is 4.00. The number of methoxy groups -OCH3 is 1. The molecule has 7 rings (SSSR count). The van der Waals surface area contributed by atoms with Gasteiger partial charge in [-0.1, -0.05) is 18.2 Å². The highest BCUT2D eigenvalue weighted by atomic mass is 16.5. The molecule has 0 radical (unpaired) electrons. The van der Waals surface area contributed by atoms with Crippen molar-refractivity contribution in [3.05, 3.63) is 83.6 Å². The number of rotatable bonds is 11. The largest absolute Gasteiger partial charge is 0.494 e. The molecule has 3 aliphatic rings. The highest BCUT2D eigenvalue weighted by Crippen LogP contribution is 2.39. The van der Waals surface area contributed by atoms with E-state index in [-0.39, 0.29) is 35.8 Å². The molecule has 3 aromatic carbocycles. The van der Waals surface area contributed by atoms with Crippen molar-refractivity contribution in [2.45, 2.75) is 31.7 Å². The molecule has 1 unspecified atom stereocenters. The summed E-state index contributed by atoms with van der Waals surface area (Å²) >= 11 is 0. The number of ether oxygens (including phenoxy) is 1. The molecule has 17 nitrogen and oxygen atoms in total. The van der Waals surface area contributed by atoms with Gasteiger partial charge < -0.3 is 35.8 Å². The van der Waals surface area contributed by atoms with Crippen molar-refractivity contribution in [1.82, 2.24) is 25.5 Å². The number of fused-ring (bicyclic) bond motifs is 3. The Morgan fingerprint density at radius 1 is 0.873 bits per heavy atom. The van der Waals surface area contributed by atoms with Gasteiger partial charge in [-0.25, -0.2) is 9.78 Å². The van der Waals surface area contributed by atoms with Gasteiger partial charge in [-0.2, -0.15) is 4.98 Å². The summed E-state index contributed by atoms with van der Waals surface area (Å²) in [5.41, 5.74) is 3.74. The lowest BCUT2D eigenvalue weighted by molar-refractivity contribution is -0.136. The molecule has 282 valence electrons. The standard InChI is InChI=1S/C38H38N10O7/c1-46-26-12-5-4-9-22(26)34(51)47(2)28-20-41-37(45-32(28)46)43-24-14-13-21(19-29(24)55-3)42-38(54)40-18-7-6-17-39-25-11-8-10-23-31(25)36(53)48(35(23)52)27-15-16-30(49)44-33(27)50/h4-5,8-14,19-20,27,39H,6-7,15-18H2,1-3H3,(H2,40,42,54)(H,41,43,45)(H,44,49,50). The molecular weight excluding hydrogens is 708 g/mol. The molecule has 1 fully saturated rings. The van der Waals surface area contributed by atoms with E-state index in [0.717, 1.165) is 10.6 Å². The van der Waals surface area contributed by atoms with Crippen LogP contribution in [0.4, 0.5) is 45.0 Å². The van der Waals surface area contributed by atoms with Crippen molar-refractivity contribution >= 4 is 75.8 Å². The maximum absolute atomic E-state index is 13.3. The third kappa shape index (κ3) is 7.06. The van der Waals surface area contributed by atoms with Gasteiger partial charge in [0.2, 0.25) is 17.8 Å². The van der Waals surface area contributed by atoms with Gasteiger partial charge in [0.15, 0.2) is 5.82 Å². The molecular formula is C38H38N10O7. The molecule has 17 heteroatoms. The minimum Gasteiger partial charge on any atom is -0.494 e. The zero-order valence-electron chi connectivity index (χ0n) is 30.3. The monoisotopic (exact) mass is 746 g/mol. The number of para-hydroxylation sites is 1. The molecule has 4 aromatic rings. The number of benzene rings is 3. The molecule has 1 aromatic heterocycles. The number of hydrogen-bond donors (Lipinski definition) is 5. The summed E-state index contributed by atoms with van der Waals surface area (Å²) in [7, 11) is 5.03. The zero-order chi connectivity index (χ0) is 38.8. The van der Waals surface area contributed by atoms with Crippen LogP contribution in [0.1, 0.15) is 56.8 Å². The average molecular weight is 747 g/mol. The van der Waals surface area contributed by atoms with E-state index in [1.165, 1.54) is 12.0 Å². The maximum atomic E-state index is 13.3. The minimum absolute atomic E-state index is 0.0460. The van der Waals surface area contributed by atoms with E-state index in [1.807, 2.05) is 30.1 Å². The van der Waals surface area contributed by atoms with E-state index in [1.54, 1.807) is 55.7 Å². The number of carbonyl (C=O) groups is 6. The van der Waals surface area contributed by atoms with Crippen molar-refractivity contribution in [2.75, 3.05) is 60.0 Å². The summed E-state index contributed by atoms with van der Waals surface area (Å²) < 4.78 is 5.59. The van der Waals surface area contributed by atoms with Crippen molar-refractivity contribution < 1.29 is 33.5 Å². The Morgan fingerprint density at radius 2 is 1.65 bits per heavy atom. The fourth-order valence-corrected chi connectivity index (χ4v) is 6.77. The molecule has 3 aliphatic heterocycles. The smallest absolute Gasteiger partial charge is 0.319 e. The quantitative estimate of drug-likeness (QED) is 0.109. The van der Waals surface area contributed by atoms with Crippen LogP contribution in [0, 0.1) is 0 Å². The molecule has 1 saturated heterocycles. The van der Waals surface area contributed by atoms with Gasteiger partial charge in [0.25, 0.3) is 17.7 Å². The zero-order valence-corrected chi connectivity index (χ0v) is 30.3. The number of nitrogens with zero attached hydrogens (tertiary/aromatic N) is 5. The number of carbonyl (C=O) groups excluding carboxylic acids is 6. The third-order valence-electron chi connectivity index (χ3n) is 9.61. The number of anilines is 7. The molecule has 5 N–H and O–H groups in total. The van der Waals surface area contributed by atoms with Crippen LogP contribution in [-0.2, 0) is 9.59 Å². The van der Waals surface area contributed by atoms with E-state index in [9.17, 15) is 28.8 Å². The Balaban J connectivity index is 0.902. The number of hydrogen-bond acceptors (Lipinski definition) is 12. The summed E-state index contributed by atoms with van der Waals surface area (Å²) in [6, 6.07) is 15.9. The maximum Gasteiger partial charge on any atom is 0.319 e. The molecule has 4 heterocycles. The first-order valence-corrected chi connectivity index (χ1v) is 17.6. The van der Waals surface area contributed by atoms with E-state index < -0.39 is 35.7 Å². The van der Waals surface area contributed by atoms with Gasteiger partial charge in [0.1, 0.15) is 17.5 Å². The van der Waals surface area contributed by atoms with Gasteiger partial charge in [-0.05, 0) is 55.7 Å². The molecule has 1 atom stereocenters. The van der Waals surface area contributed by atoms with Crippen LogP contribution < -0.4 is 41.1 Å². The first-order valence-electron chi connectivity index (χ1n) is 17.6. The number of piperidine rings is 1. The average Bonchev–Trinajstić information content (AvgIpc) is 3.40. The Hall–Kier alpha value is -7.04.